The normalized spacial score (nSPS) is 21.9. The Hall–Kier alpha value is -3.38. The Bertz CT molecular complexity index is 1090. The molecule has 6 nitrogen and oxygen atoms in total. The van der Waals surface area contributed by atoms with Gasteiger partial charge in [0, 0.05) is 17.1 Å². The van der Waals surface area contributed by atoms with Gasteiger partial charge in [-0.3, -0.25) is 10.0 Å². The number of benzene rings is 2. The molecule has 2 aliphatic rings. The number of hydroxylamine groups is 1. The smallest absolute Gasteiger partial charge is 0.328 e. The first-order chi connectivity index (χ1) is 15.4. The fourth-order valence-corrected chi connectivity index (χ4v) is 4.97. The molecule has 3 N–H and O–H groups in total. The van der Waals surface area contributed by atoms with Gasteiger partial charge in [-0.15, -0.1) is 0 Å². The molecule has 0 radical (unpaired) electrons. The average molecular weight is 434 g/mol. The molecule has 0 unspecified atom stereocenters. The quantitative estimate of drug-likeness (QED) is 0.254. The lowest BCUT2D eigenvalue weighted by atomic mass is 9.69. The largest absolute Gasteiger partial charge is 0.483 e. The SMILES string of the molecule is C[C@@]1(c2cc(-c3ccc(/C=C/C(=O)O)cc3)ccc2OCC(=O)NO)CC2=C[C@@H](CC2)C1. The van der Waals surface area contributed by atoms with E-state index in [0.717, 1.165) is 47.6 Å². The van der Waals surface area contributed by atoms with Crippen LogP contribution in [0.4, 0.5) is 0 Å². The summed E-state index contributed by atoms with van der Waals surface area (Å²) in [5.74, 6) is -0.348. The minimum Gasteiger partial charge on any atom is -0.483 e. The summed E-state index contributed by atoms with van der Waals surface area (Å²) >= 11 is 0. The lowest BCUT2D eigenvalue weighted by Crippen LogP contribution is -2.29. The molecule has 32 heavy (non-hydrogen) atoms. The Balaban J connectivity index is 1.68. The standard InChI is InChI=1S/C26H27NO5/c1-26(14-18-2-3-19(12-18)15-26)22-13-21(9-10-23(22)32-16-24(28)27-31)20-7-4-17(5-8-20)6-11-25(29)30/h4-13,18,31H,2-3,14-16H2,1H3,(H,27,28)(H,29,30)/b11-6+/t18-,26+/m1/s1. The molecule has 2 bridgehead atoms. The van der Waals surface area contributed by atoms with Crippen LogP contribution in [0.2, 0.25) is 0 Å². The monoisotopic (exact) mass is 433 g/mol. The summed E-state index contributed by atoms with van der Waals surface area (Å²) in [5, 5.41) is 17.6. The number of hydrogen-bond acceptors (Lipinski definition) is 4. The minimum atomic E-state index is -0.978. The summed E-state index contributed by atoms with van der Waals surface area (Å²) in [7, 11) is 0. The Morgan fingerprint density at radius 2 is 1.94 bits per heavy atom. The number of fused-ring (bicyclic) bond motifs is 1. The van der Waals surface area contributed by atoms with Gasteiger partial charge in [0.25, 0.3) is 5.91 Å². The van der Waals surface area contributed by atoms with Crippen LogP contribution < -0.4 is 10.2 Å². The van der Waals surface area contributed by atoms with Crippen LogP contribution in [-0.4, -0.2) is 28.8 Å². The number of rotatable bonds is 7. The van der Waals surface area contributed by atoms with E-state index in [4.69, 9.17) is 15.1 Å². The van der Waals surface area contributed by atoms with Crippen molar-refractivity contribution in [3.8, 4) is 16.9 Å². The van der Waals surface area contributed by atoms with Crippen molar-refractivity contribution >= 4 is 18.0 Å². The highest BCUT2D eigenvalue weighted by Gasteiger charge is 2.39. The van der Waals surface area contributed by atoms with Gasteiger partial charge in [-0.05, 0) is 66.5 Å². The minimum absolute atomic E-state index is 0.101. The predicted octanol–water partition coefficient (Wildman–Crippen LogP) is 4.72. The Morgan fingerprint density at radius 1 is 1.19 bits per heavy atom. The lowest BCUT2D eigenvalue weighted by Gasteiger charge is -2.36. The van der Waals surface area contributed by atoms with Crippen LogP contribution in [0.5, 0.6) is 5.75 Å². The van der Waals surface area contributed by atoms with Gasteiger partial charge in [-0.25, -0.2) is 10.3 Å². The molecule has 0 fully saturated rings. The molecule has 0 aliphatic heterocycles. The molecular weight excluding hydrogens is 406 g/mol. The molecule has 166 valence electrons. The Kier molecular flexibility index (Phi) is 6.15. The number of nitrogens with one attached hydrogen (secondary N) is 1. The van der Waals surface area contributed by atoms with Gasteiger partial charge >= 0.3 is 5.97 Å². The first-order valence-corrected chi connectivity index (χ1v) is 10.8. The first-order valence-electron chi connectivity index (χ1n) is 10.8. The number of carboxylic acids is 1. The number of hydrogen-bond donors (Lipinski definition) is 3. The van der Waals surface area contributed by atoms with Crippen LogP contribution in [0.1, 0.15) is 43.7 Å². The molecule has 0 saturated carbocycles. The number of aliphatic carboxylic acids is 1. The zero-order valence-electron chi connectivity index (χ0n) is 18.0. The first kappa shape index (κ1) is 21.8. The van der Waals surface area contributed by atoms with E-state index in [9.17, 15) is 9.59 Å². The van der Waals surface area contributed by atoms with Crippen LogP contribution in [0.25, 0.3) is 17.2 Å². The van der Waals surface area contributed by atoms with Crippen LogP contribution >= 0.6 is 0 Å². The maximum Gasteiger partial charge on any atom is 0.328 e. The number of carboxylic acid groups (broad SMARTS) is 1. The van der Waals surface area contributed by atoms with E-state index in [1.165, 1.54) is 12.0 Å². The summed E-state index contributed by atoms with van der Waals surface area (Å²) in [6.07, 6.45) is 9.43. The van der Waals surface area contributed by atoms with Crippen LogP contribution in [-0.2, 0) is 15.0 Å². The van der Waals surface area contributed by atoms with Crippen molar-refractivity contribution in [1.82, 2.24) is 5.48 Å². The van der Waals surface area contributed by atoms with Gasteiger partial charge in [0.1, 0.15) is 5.75 Å². The van der Waals surface area contributed by atoms with E-state index < -0.39 is 11.9 Å². The van der Waals surface area contributed by atoms with Crippen molar-refractivity contribution in [3.63, 3.8) is 0 Å². The van der Waals surface area contributed by atoms with Crippen molar-refractivity contribution in [3.05, 3.63) is 71.3 Å². The number of carbonyl (C=O) groups excluding carboxylic acids is 1. The lowest BCUT2D eigenvalue weighted by molar-refractivity contribution is -0.132. The number of amides is 1. The van der Waals surface area contributed by atoms with Gasteiger partial charge < -0.3 is 9.84 Å². The number of ether oxygens (including phenoxy) is 1. The molecule has 2 aromatic rings. The maximum atomic E-state index is 11.5. The van der Waals surface area contributed by atoms with Crippen molar-refractivity contribution in [2.45, 2.75) is 38.0 Å². The van der Waals surface area contributed by atoms with Gasteiger partial charge in [-0.2, -0.15) is 0 Å². The summed E-state index contributed by atoms with van der Waals surface area (Å²) in [6, 6.07) is 13.7. The molecule has 0 aromatic heterocycles. The summed E-state index contributed by atoms with van der Waals surface area (Å²) < 4.78 is 5.81. The van der Waals surface area contributed by atoms with Crippen LogP contribution in [0.15, 0.2) is 60.2 Å². The van der Waals surface area contributed by atoms with Gasteiger partial charge in [0.05, 0.1) is 0 Å². The third-order valence-corrected chi connectivity index (χ3v) is 6.41. The number of allylic oxidation sites excluding steroid dienone is 2. The zero-order chi connectivity index (χ0) is 22.7. The van der Waals surface area contributed by atoms with Crippen molar-refractivity contribution in [2.75, 3.05) is 6.61 Å². The molecule has 2 aliphatic carbocycles. The highest BCUT2D eigenvalue weighted by molar-refractivity contribution is 5.85. The van der Waals surface area contributed by atoms with Crippen LogP contribution in [0, 0.1) is 5.92 Å². The van der Waals surface area contributed by atoms with E-state index in [-0.39, 0.29) is 12.0 Å². The second kappa shape index (κ2) is 9.01. The molecule has 0 spiro atoms. The average Bonchev–Trinajstić information content (AvgIpc) is 3.14. The Morgan fingerprint density at radius 3 is 2.62 bits per heavy atom. The number of carbonyl (C=O) groups is 2. The summed E-state index contributed by atoms with van der Waals surface area (Å²) in [5.41, 5.74) is 6.92. The second-order valence-electron chi connectivity index (χ2n) is 8.89. The highest BCUT2D eigenvalue weighted by atomic mass is 16.5. The van der Waals surface area contributed by atoms with E-state index in [1.54, 1.807) is 11.6 Å². The molecule has 2 atom stereocenters. The van der Waals surface area contributed by atoms with Gasteiger partial charge in [-0.1, -0.05) is 48.9 Å². The maximum absolute atomic E-state index is 11.5. The van der Waals surface area contributed by atoms with E-state index in [2.05, 4.69) is 19.1 Å². The Labute approximate surface area is 187 Å². The third-order valence-electron chi connectivity index (χ3n) is 6.41. The third kappa shape index (κ3) is 4.75. The predicted molar refractivity (Wildman–Crippen MR) is 121 cm³/mol. The molecule has 0 heterocycles. The zero-order valence-corrected chi connectivity index (χ0v) is 18.0. The summed E-state index contributed by atoms with van der Waals surface area (Å²) in [6.45, 7) is 2.01. The molecule has 4 rings (SSSR count). The van der Waals surface area contributed by atoms with Crippen molar-refractivity contribution in [1.29, 1.82) is 0 Å². The molecule has 2 aromatic carbocycles. The summed E-state index contributed by atoms with van der Waals surface area (Å²) in [4.78, 5) is 22.3. The van der Waals surface area contributed by atoms with Gasteiger partial charge in [0.2, 0.25) is 0 Å². The fraction of sp³-hybridized carbons (Fsp3) is 0.308. The van der Waals surface area contributed by atoms with E-state index in [0.29, 0.717) is 11.7 Å². The van der Waals surface area contributed by atoms with E-state index >= 15 is 0 Å². The van der Waals surface area contributed by atoms with Crippen molar-refractivity contribution in [2.24, 2.45) is 5.92 Å². The van der Waals surface area contributed by atoms with Gasteiger partial charge in [0.15, 0.2) is 6.61 Å². The topological polar surface area (TPSA) is 95.9 Å². The molecule has 1 amide bonds. The highest BCUT2D eigenvalue weighted by Crippen LogP contribution is 2.50. The molecule has 6 heteroatoms. The van der Waals surface area contributed by atoms with Crippen molar-refractivity contribution < 1.29 is 24.6 Å². The molecule has 0 saturated heterocycles. The fourth-order valence-electron chi connectivity index (χ4n) is 4.97. The molecular formula is C26H27NO5. The second-order valence-corrected chi connectivity index (χ2v) is 8.89. The van der Waals surface area contributed by atoms with E-state index in [1.807, 2.05) is 36.4 Å². The van der Waals surface area contributed by atoms with Crippen LogP contribution in [0.3, 0.4) is 0 Å².